The number of carbonyl (C=O) groups is 1. The first-order valence-electron chi connectivity index (χ1n) is 4.99. The van der Waals surface area contributed by atoms with Crippen molar-refractivity contribution < 1.29 is 14.6 Å². The number of aromatic nitrogens is 1. The molecule has 3 aliphatic rings. The first kappa shape index (κ1) is 8.85. The number of carboxylic acids is 1. The molecule has 1 saturated carbocycles. The Morgan fingerprint density at radius 3 is 3.13 bits per heavy atom. The highest BCUT2D eigenvalue weighted by Crippen LogP contribution is 2.56. The molecule has 2 bridgehead atoms. The number of carboxylic acid groups (broad SMARTS) is 1. The minimum atomic E-state index is -0.757. The second-order valence-electron chi connectivity index (χ2n) is 4.27. The summed E-state index contributed by atoms with van der Waals surface area (Å²) in [5.74, 6) is -1.14. The summed E-state index contributed by atoms with van der Waals surface area (Å²) in [7, 11) is 0. The summed E-state index contributed by atoms with van der Waals surface area (Å²) < 4.78 is 5.45. The van der Waals surface area contributed by atoms with E-state index in [1.807, 2.05) is 12.1 Å². The molecule has 0 unspecified atom stereocenters. The van der Waals surface area contributed by atoms with Crippen LogP contribution in [0.3, 0.4) is 0 Å². The topological polar surface area (TPSA) is 59.4 Å². The van der Waals surface area contributed by atoms with Gasteiger partial charge < -0.3 is 9.84 Å². The molecule has 1 aromatic rings. The Morgan fingerprint density at radius 1 is 1.67 bits per heavy atom. The van der Waals surface area contributed by atoms with Crippen LogP contribution >= 0.6 is 0 Å². The molecule has 4 heteroatoms. The maximum Gasteiger partial charge on any atom is 0.310 e. The molecule has 4 nitrogen and oxygen atoms in total. The smallest absolute Gasteiger partial charge is 0.310 e. The summed E-state index contributed by atoms with van der Waals surface area (Å²) >= 11 is 0. The monoisotopic (exact) mass is 205 g/mol. The highest BCUT2D eigenvalue weighted by atomic mass is 16.5. The summed E-state index contributed by atoms with van der Waals surface area (Å²) in [5, 5.41) is 9.14. The molecule has 1 aromatic heterocycles. The van der Waals surface area contributed by atoms with Crippen LogP contribution in [-0.2, 0) is 14.9 Å². The molecule has 3 fully saturated rings. The predicted molar refractivity (Wildman–Crippen MR) is 51.4 cm³/mol. The van der Waals surface area contributed by atoms with Crippen molar-refractivity contribution in [3.63, 3.8) is 0 Å². The highest BCUT2D eigenvalue weighted by Gasteiger charge is 2.65. The van der Waals surface area contributed by atoms with Crippen molar-refractivity contribution in [3.05, 3.63) is 30.1 Å². The lowest BCUT2D eigenvalue weighted by Gasteiger charge is -2.42. The van der Waals surface area contributed by atoms with E-state index in [9.17, 15) is 4.79 Å². The number of ether oxygens (including phenoxy) is 1. The second-order valence-corrected chi connectivity index (χ2v) is 4.27. The van der Waals surface area contributed by atoms with Crippen LogP contribution in [0.4, 0.5) is 0 Å². The largest absolute Gasteiger partial charge is 0.481 e. The molecule has 1 N–H and O–H groups in total. The van der Waals surface area contributed by atoms with E-state index < -0.39 is 5.97 Å². The summed E-state index contributed by atoms with van der Waals surface area (Å²) in [4.78, 5) is 15.2. The van der Waals surface area contributed by atoms with Gasteiger partial charge in [0, 0.05) is 17.8 Å². The fourth-order valence-corrected chi connectivity index (χ4v) is 2.79. The van der Waals surface area contributed by atoms with Gasteiger partial charge in [0.25, 0.3) is 0 Å². The third-order valence-electron chi connectivity index (χ3n) is 3.59. The molecular formula is C11H11NO3. The van der Waals surface area contributed by atoms with Gasteiger partial charge in [-0.15, -0.1) is 0 Å². The van der Waals surface area contributed by atoms with Crippen LogP contribution in [-0.4, -0.2) is 28.8 Å². The third kappa shape index (κ3) is 0.997. The number of nitrogens with zero attached hydrogens (tertiary/aromatic N) is 1. The zero-order valence-corrected chi connectivity index (χ0v) is 8.09. The van der Waals surface area contributed by atoms with Crippen LogP contribution in [0.1, 0.15) is 12.0 Å². The quantitative estimate of drug-likeness (QED) is 0.776. The molecular weight excluding hydrogens is 194 g/mol. The van der Waals surface area contributed by atoms with E-state index >= 15 is 0 Å². The van der Waals surface area contributed by atoms with E-state index in [-0.39, 0.29) is 17.4 Å². The normalized spacial score (nSPS) is 37.3. The fraction of sp³-hybridized carbons (Fsp3) is 0.455. The van der Waals surface area contributed by atoms with Crippen molar-refractivity contribution in [1.29, 1.82) is 0 Å². The van der Waals surface area contributed by atoms with Gasteiger partial charge in [-0.1, -0.05) is 6.07 Å². The first-order valence-corrected chi connectivity index (χ1v) is 4.99. The van der Waals surface area contributed by atoms with Crippen molar-refractivity contribution in [2.75, 3.05) is 6.61 Å². The van der Waals surface area contributed by atoms with Crippen molar-refractivity contribution in [1.82, 2.24) is 4.98 Å². The molecule has 1 aliphatic carbocycles. The number of hydrogen-bond donors (Lipinski definition) is 1. The molecule has 2 saturated heterocycles. The molecule has 0 amide bonds. The highest BCUT2D eigenvalue weighted by molar-refractivity contribution is 5.76. The van der Waals surface area contributed by atoms with Crippen LogP contribution in [0.5, 0.6) is 0 Å². The van der Waals surface area contributed by atoms with Gasteiger partial charge in [-0.3, -0.25) is 9.78 Å². The minimum Gasteiger partial charge on any atom is -0.481 e. The lowest BCUT2D eigenvalue weighted by Crippen LogP contribution is -2.52. The van der Waals surface area contributed by atoms with Crippen LogP contribution in [0.25, 0.3) is 0 Å². The van der Waals surface area contributed by atoms with Crippen LogP contribution in [0, 0.1) is 5.92 Å². The van der Waals surface area contributed by atoms with Crippen molar-refractivity contribution >= 4 is 5.97 Å². The number of rotatable bonds is 2. The SMILES string of the molecule is O=C(O)[C@@H]1[C@H]2C[C@]1(c1cccnc1)CO2. The number of hydrogen-bond acceptors (Lipinski definition) is 3. The maximum atomic E-state index is 11.1. The number of pyridine rings is 1. The Labute approximate surface area is 86.9 Å². The van der Waals surface area contributed by atoms with E-state index in [1.165, 1.54) is 0 Å². The van der Waals surface area contributed by atoms with Gasteiger partial charge in [-0.05, 0) is 18.1 Å². The van der Waals surface area contributed by atoms with Gasteiger partial charge in [0.1, 0.15) is 0 Å². The van der Waals surface area contributed by atoms with Gasteiger partial charge in [0.15, 0.2) is 0 Å². The molecule has 4 rings (SSSR count). The zero-order chi connectivity index (χ0) is 10.5. The summed E-state index contributed by atoms with van der Waals surface area (Å²) in [6, 6.07) is 3.78. The van der Waals surface area contributed by atoms with Gasteiger partial charge in [0.05, 0.1) is 18.6 Å². The third-order valence-corrected chi connectivity index (χ3v) is 3.59. The standard InChI is InChI=1S/C11H11NO3/c13-10(14)9-8-4-11(9,6-15-8)7-2-1-3-12-5-7/h1-3,5,8-9H,4,6H2,(H,13,14)/t8-,9+,11-/m1/s1. The summed E-state index contributed by atoms with van der Waals surface area (Å²) in [6.07, 6.45) is 4.17. The molecule has 2 aliphatic heterocycles. The molecule has 0 spiro atoms. The van der Waals surface area contributed by atoms with Gasteiger partial charge in [-0.2, -0.15) is 0 Å². The Morgan fingerprint density at radius 2 is 2.53 bits per heavy atom. The van der Waals surface area contributed by atoms with Crippen LogP contribution in [0.15, 0.2) is 24.5 Å². The van der Waals surface area contributed by atoms with Crippen LogP contribution in [0.2, 0.25) is 0 Å². The zero-order valence-electron chi connectivity index (χ0n) is 8.09. The van der Waals surface area contributed by atoms with Gasteiger partial charge >= 0.3 is 5.97 Å². The van der Waals surface area contributed by atoms with E-state index in [2.05, 4.69) is 4.98 Å². The van der Waals surface area contributed by atoms with Gasteiger partial charge in [0.2, 0.25) is 0 Å². The number of fused-ring (bicyclic) bond motifs is 1. The molecule has 78 valence electrons. The Kier molecular flexibility index (Phi) is 1.65. The molecule has 3 atom stereocenters. The van der Waals surface area contributed by atoms with E-state index in [0.29, 0.717) is 6.61 Å². The Hall–Kier alpha value is -1.42. The van der Waals surface area contributed by atoms with Crippen LogP contribution < -0.4 is 0 Å². The van der Waals surface area contributed by atoms with Crippen molar-refractivity contribution in [3.8, 4) is 0 Å². The molecule has 0 aromatic carbocycles. The first-order chi connectivity index (χ1) is 7.24. The van der Waals surface area contributed by atoms with Gasteiger partial charge in [-0.25, -0.2) is 0 Å². The Bertz CT molecular complexity index is 402. The minimum absolute atomic E-state index is 0.0947. The van der Waals surface area contributed by atoms with Crippen molar-refractivity contribution in [2.45, 2.75) is 17.9 Å². The lowest BCUT2D eigenvalue weighted by molar-refractivity contribution is -0.150. The molecule has 15 heavy (non-hydrogen) atoms. The molecule has 0 radical (unpaired) electrons. The predicted octanol–water partition coefficient (Wildman–Crippen LogP) is 0.823. The average molecular weight is 205 g/mol. The summed E-state index contributed by atoms with van der Waals surface area (Å²) in [6.45, 7) is 0.514. The van der Waals surface area contributed by atoms with E-state index in [1.54, 1.807) is 12.4 Å². The molecule has 3 heterocycles. The number of aliphatic carboxylic acids is 1. The van der Waals surface area contributed by atoms with E-state index in [4.69, 9.17) is 9.84 Å². The van der Waals surface area contributed by atoms with E-state index in [0.717, 1.165) is 12.0 Å². The summed E-state index contributed by atoms with van der Waals surface area (Å²) in [5.41, 5.74) is 0.677. The van der Waals surface area contributed by atoms with Crippen molar-refractivity contribution in [2.24, 2.45) is 5.92 Å². The Balaban J connectivity index is 2.02. The lowest BCUT2D eigenvalue weighted by atomic mass is 9.58. The average Bonchev–Trinajstić information content (AvgIpc) is 2.76. The fourth-order valence-electron chi connectivity index (χ4n) is 2.79. The maximum absolute atomic E-state index is 11.1. The second kappa shape index (κ2) is 2.79.